The van der Waals surface area contributed by atoms with Crippen molar-refractivity contribution in [2.45, 2.75) is 13.8 Å². The van der Waals surface area contributed by atoms with Crippen molar-refractivity contribution in [3.05, 3.63) is 64.6 Å². The number of nitrogens with one attached hydrogen (secondary N) is 2. The van der Waals surface area contributed by atoms with E-state index >= 15 is 0 Å². The first-order valence-electron chi connectivity index (χ1n) is 7.88. The Hall–Kier alpha value is -3.06. The predicted molar refractivity (Wildman–Crippen MR) is 99.9 cm³/mol. The van der Waals surface area contributed by atoms with E-state index < -0.39 is 0 Å². The first-order chi connectivity index (χ1) is 12.5. The molecule has 0 saturated carbocycles. The van der Waals surface area contributed by atoms with E-state index in [0.29, 0.717) is 16.5 Å². The van der Waals surface area contributed by atoms with Crippen LogP contribution in [0.3, 0.4) is 0 Å². The molecule has 3 rings (SSSR count). The maximum Gasteiger partial charge on any atom is 0.271 e. The maximum absolute atomic E-state index is 12.6. The SMILES string of the molecule is COc1ccnc(NNC(=O)c2cc(C)n(-c3cccc(Cl)c3)c2C)n1. The first kappa shape index (κ1) is 17.8. The van der Waals surface area contributed by atoms with Crippen molar-refractivity contribution < 1.29 is 9.53 Å². The van der Waals surface area contributed by atoms with E-state index in [1.54, 1.807) is 6.07 Å². The van der Waals surface area contributed by atoms with Crippen LogP contribution < -0.4 is 15.6 Å². The number of aromatic nitrogens is 3. The third-order valence-corrected chi connectivity index (χ3v) is 4.10. The summed E-state index contributed by atoms with van der Waals surface area (Å²) < 4.78 is 7.00. The van der Waals surface area contributed by atoms with Gasteiger partial charge in [-0.1, -0.05) is 17.7 Å². The molecule has 8 heteroatoms. The highest BCUT2D eigenvalue weighted by atomic mass is 35.5. The zero-order chi connectivity index (χ0) is 18.7. The highest BCUT2D eigenvalue weighted by molar-refractivity contribution is 6.30. The summed E-state index contributed by atoms with van der Waals surface area (Å²) in [4.78, 5) is 20.7. The summed E-state index contributed by atoms with van der Waals surface area (Å²) in [7, 11) is 1.51. The maximum atomic E-state index is 12.6. The molecule has 0 atom stereocenters. The number of amides is 1. The molecule has 0 aliphatic rings. The number of benzene rings is 1. The number of rotatable bonds is 5. The molecule has 0 aliphatic heterocycles. The topological polar surface area (TPSA) is 81.1 Å². The molecule has 0 spiro atoms. The van der Waals surface area contributed by atoms with Gasteiger partial charge in [0.1, 0.15) is 0 Å². The number of carbonyl (C=O) groups is 1. The average Bonchev–Trinajstić information content (AvgIpc) is 2.94. The van der Waals surface area contributed by atoms with Crippen molar-refractivity contribution in [2.75, 3.05) is 12.5 Å². The fourth-order valence-electron chi connectivity index (χ4n) is 2.70. The summed E-state index contributed by atoms with van der Waals surface area (Å²) in [6.07, 6.45) is 1.53. The highest BCUT2D eigenvalue weighted by Crippen LogP contribution is 2.23. The molecule has 134 valence electrons. The molecule has 2 heterocycles. The van der Waals surface area contributed by atoms with E-state index in [2.05, 4.69) is 20.8 Å². The molecule has 26 heavy (non-hydrogen) atoms. The minimum atomic E-state index is -0.294. The molecule has 0 fully saturated rings. The number of anilines is 1. The Labute approximate surface area is 156 Å². The molecule has 1 amide bonds. The van der Waals surface area contributed by atoms with E-state index in [0.717, 1.165) is 17.1 Å². The summed E-state index contributed by atoms with van der Waals surface area (Å²) in [5.74, 6) is 0.343. The molecular formula is C18H18ClN5O2. The molecular weight excluding hydrogens is 354 g/mol. The highest BCUT2D eigenvalue weighted by Gasteiger charge is 2.17. The van der Waals surface area contributed by atoms with Gasteiger partial charge in [-0.05, 0) is 38.1 Å². The van der Waals surface area contributed by atoms with Crippen LogP contribution in [0.1, 0.15) is 21.7 Å². The van der Waals surface area contributed by atoms with Crippen LogP contribution in [0.5, 0.6) is 5.88 Å². The van der Waals surface area contributed by atoms with Gasteiger partial charge in [0.2, 0.25) is 11.8 Å². The number of ether oxygens (including phenoxy) is 1. The Kier molecular flexibility index (Phi) is 5.09. The molecule has 1 aromatic carbocycles. The summed E-state index contributed by atoms with van der Waals surface area (Å²) in [6.45, 7) is 3.81. The van der Waals surface area contributed by atoms with Crippen LogP contribution in [0.2, 0.25) is 5.02 Å². The Bertz CT molecular complexity index is 955. The van der Waals surface area contributed by atoms with Gasteiger partial charge < -0.3 is 9.30 Å². The van der Waals surface area contributed by atoms with Crippen LogP contribution in [0.15, 0.2) is 42.6 Å². The number of hydrogen-bond acceptors (Lipinski definition) is 5. The monoisotopic (exact) mass is 371 g/mol. The lowest BCUT2D eigenvalue weighted by Crippen LogP contribution is -2.30. The van der Waals surface area contributed by atoms with Gasteiger partial charge in [0.15, 0.2) is 0 Å². The van der Waals surface area contributed by atoms with Gasteiger partial charge in [-0.25, -0.2) is 4.98 Å². The lowest BCUT2D eigenvalue weighted by Gasteiger charge is -2.11. The van der Waals surface area contributed by atoms with Crippen molar-refractivity contribution >= 4 is 23.5 Å². The van der Waals surface area contributed by atoms with Gasteiger partial charge in [-0.3, -0.25) is 15.6 Å². The van der Waals surface area contributed by atoms with Crippen LogP contribution >= 0.6 is 11.6 Å². The zero-order valence-electron chi connectivity index (χ0n) is 14.6. The lowest BCUT2D eigenvalue weighted by atomic mass is 10.2. The lowest BCUT2D eigenvalue weighted by molar-refractivity contribution is 0.0961. The van der Waals surface area contributed by atoms with Crippen molar-refractivity contribution in [2.24, 2.45) is 0 Å². The second-order valence-corrected chi connectivity index (χ2v) is 6.04. The normalized spacial score (nSPS) is 10.5. The van der Waals surface area contributed by atoms with Crippen molar-refractivity contribution in [3.8, 4) is 11.6 Å². The van der Waals surface area contributed by atoms with Gasteiger partial charge in [0.05, 0.1) is 12.7 Å². The fourth-order valence-corrected chi connectivity index (χ4v) is 2.89. The molecule has 7 nitrogen and oxygen atoms in total. The van der Waals surface area contributed by atoms with E-state index in [-0.39, 0.29) is 11.9 Å². The number of hydrogen-bond donors (Lipinski definition) is 2. The van der Waals surface area contributed by atoms with Gasteiger partial charge in [-0.2, -0.15) is 4.98 Å². The molecule has 0 unspecified atom stereocenters. The molecule has 2 N–H and O–H groups in total. The number of aryl methyl sites for hydroxylation is 1. The number of halogens is 1. The third-order valence-electron chi connectivity index (χ3n) is 3.87. The van der Waals surface area contributed by atoms with Gasteiger partial charge in [-0.15, -0.1) is 0 Å². The van der Waals surface area contributed by atoms with Gasteiger partial charge >= 0.3 is 0 Å². The second-order valence-electron chi connectivity index (χ2n) is 5.60. The third kappa shape index (κ3) is 3.62. The number of nitrogens with zero attached hydrogens (tertiary/aromatic N) is 3. The van der Waals surface area contributed by atoms with Crippen LogP contribution in [0.4, 0.5) is 5.95 Å². The molecule has 0 aliphatic carbocycles. The van der Waals surface area contributed by atoms with Crippen LogP contribution in [-0.2, 0) is 0 Å². The molecule has 0 bridgehead atoms. The van der Waals surface area contributed by atoms with E-state index in [1.165, 1.54) is 13.3 Å². The van der Waals surface area contributed by atoms with E-state index in [4.69, 9.17) is 16.3 Å². The van der Waals surface area contributed by atoms with Crippen LogP contribution in [0.25, 0.3) is 5.69 Å². The van der Waals surface area contributed by atoms with E-state index in [1.807, 2.05) is 48.7 Å². The number of carbonyl (C=O) groups excluding carboxylic acids is 1. The quantitative estimate of drug-likeness (QED) is 0.672. The van der Waals surface area contributed by atoms with E-state index in [9.17, 15) is 4.79 Å². The predicted octanol–water partition coefficient (Wildman–Crippen LogP) is 3.30. The number of methoxy groups -OCH3 is 1. The molecule has 0 saturated heterocycles. The van der Waals surface area contributed by atoms with Gasteiger partial charge in [0.25, 0.3) is 5.91 Å². The summed E-state index contributed by atoms with van der Waals surface area (Å²) in [5.41, 5.74) is 8.46. The molecule has 2 aromatic heterocycles. The second kappa shape index (κ2) is 7.45. The van der Waals surface area contributed by atoms with Crippen LogP contribution in [-0.4, -0.2) is 27.6 Å². The van der Waals surface area contributed by atoms with Crippen molar-refractivity contribution in [1.29, 1.82) is 0 Å². The van der Waals surface area contributed by atoms with Gasteiger partial charge in [0, 0.05) is 34.4 Å². The summed E-state index contributed by atoms with van der Waals surface area (Å²) in [6, 6.07) is 10.9. The standard InChI is InChI=1S/C18H18ClN5O2/c1-11-9-15(12(2)24(11)14-6-4-5-13(19)10-14)17(25)22-23-18-20-8-7-16(21-18)26-3/h4-10H,1-3H3,(H,22,25)(H,20,21,23). The Morgan fingerprint density at radius 1 is 1.23 bits per heavy atom. The fraction of sp³-hybridized carbons (Fsp3) is 0.167. The largest absolute Gasteiger partial charge is 0.481 e. The van der Waals surface area contributed by atoms with Crippen LogP contribution in [0, 0.1) is 13.8 Å². The first-order valence-corrected chi connectivity index (χ1v) is 8.25. The van der Waals surface area contributed by atoms with Crippen molar-refractivity contribution in [3.63, 3.8) is 0 Å². The number of hydrazine groups is 1. The Morgan fingerprint density at radius 3 is 2.77 bits per heavy atom. The molecule has 3 aromatic rings. The Balaban J connectivity index is 1.81. The zero-order valence-corrected chi connectivity index (χ0v) is 15.3. The van der Waals surface area contributed by atoms with Crippen molar-refractivity contribution in [1.82, 2.24) is 20.0 Å². The smallest absolute Gasteiger partial charge is 0.271 e. The molecule has 0 radical (unpaired) electrons. The minimum Gasteiger partial charge on any atom is -0.481 e. The summed E-state index contributed by atoms with van der Waals surface area (Å²) in [5, 5.41) is 0.637. The average molecular weight is 372 g/mol. The Morgan fingerprint density at radius 2 is 2.04 bits per heavy atom. The minimum absolute atomic E-state index is 0.237. The summed E-state index contributed by atoms with van der Waals surface area (Å²) >= 11 is 6.08.